The average molecular weight is 229 g/mol. The third kappa shape index (κ3) is 5.80. The Labute approximate surface area is 99.6 Å². The maximum atomic E-state index is 9.87. The molecule has 1 heterocycles. The minimum atomic E-state index is -0.227. The van der Waals surface area contributed by atoms with Gasteiger partial charge in [0.1, 0.15) is 0 Å². The van der Waals surface area contributed by atoms with Crippen molar-refractivity contribution in [3.05, 3.63) is 0 Å². The van der Waals surface area contributed by atoms with Crippen LogP contribution in [-0.4, -0.2) is 73.9 Å². The van der Waals surface area contributed by atoms with Crippen LogP contribution in [0.4, 0.5) is 0 Å². The van der Waals surface area contributed by atoms with E-state index in [0.29, 0.717) is 0 Å². The average Bonchev–Trinajstić information content (AvgIpc) is 2.44. The number of hydrogen-bond acceptors (Lipinski definition) is 4. The van der Waals surface area contributed by atoms with Crippen LogP contribution in [-0.2, 0) is 0 Å². The van der Waals surface area contributed by atoms with Crippen molar-refractivity contribution in [3.63, 3.8) is 0 Å². The molecule has 96 valence electrons. The first-order valence-corrected chi connectivity index (χ1v) is 6.52. The van der Waals surface area contributed by atoms with Gasteiger partial charge in [-0.25, -0.2) is 0 Å². The molecule has 0 bridgehead atoms. The highest BCUT2D eigenvalue weighted by Crippen LogP contribution is 2.01. The Morgan fingerprint density at radius 2 is 2.06 bits per heavy atom. The molecule has 1 atom stereocenters. The van der Waals surface area contributed by atoms with Gasteiger partial charge < -0.3 is 15.3 Å². The number of nitrogens with one attached hydrogen (secondary N) is 1. The van der Waals surface area contributed by atoms with Crippen molar-refractivity contribution in [2.75, 3.05) is 52.9 Å². The molecule has 0 aromatic heterocycles. The molecule has 4 nitrogen and oxygen atoms in total. The minimum absolute atomic E-state index is 0.227. The molecule has 0 aliphatic carbocycles. The SMILES string of the molecule is CCCNCC(O)CN1CCCN(C)CC1. The van der Waals surface area contributed by atoms with Gasteiger partial charge in [-0.3, -0.25) is 4.90 Å². The fraction of sp³-hybridized carbons (Fsp3) is 1.00. The van der Waals surface area contributed by atoms with Crippen molar-refractivity contribution in [2.24, 2.45) is 0 Å². The van der Waals surface area contributed by atoms with Gasteiger partial charge in [0.25, 0.3) is 0 Å². The fourth-order valence-electron chi connectivity index (χ4n) is 2.09. The smallest absolute Gasteiger partial charge is 0.0791 e. The number of likely N-dealkylation sites (N-methyl/N-ethyl adjacent to an activating group) is 1. The largest absolute Gasteiger partial charge is 0.390 e. The summed E-state index contributed by atoms with van der Waals surface area (Å²) < 4.78 is 0. The zero-order chi connectivity index (χ0) is 11.8. The van der Waals surface area contributed by atoms with Gasteiger partial charge >= 0.3 is 0 Å². The van der Waals surface area contributed by atoms with E-state index < -0.39 is 0 Å². The molecule has 0 amide bonds. The maximum Gasteiger partial charge on any atom is 0.0791 e. The number of rotatable bonds is 6. The summed E-state index contributed by atoms with van der Waals surface area (Å²) in [5, 5.41) is 13.1. The minimum Gasteiger partial charge on any atom is -0.390 e. The van der Waals surface area contributed by atoms with Gasteiger partial charge in [0.2, 0.25) is 0 Å². The van der Waals surface area contributed by atoms with Crippen LogP contribution in [0.25, 0.3) is 0 Å². The highest BCUT2D eigenvalue weighted by Gasteiger charge is 2.14. The van der Waals surface area contributed by atoms with Crippen molar-refractivity contribution in [3.8, 4) is 0 Å². The van der Waals surface area contributed by atoms with Gasteiger partial charge in [0, 0.05) is 26.2 Å². The Kier molecular flexibility index (Phi) is 6.96. The lowest BCUT2D eigenvalue weighted by atomic mass is 10.3. The Hall–Kier alpha value is -0.160. The van der Waals surface area contributed by atoms with E-state index in [-0.39, 0.29) is 6.10 Å². The third-order valence-corrected chi connectivity index (χ3v) is 3.09. The third-order valence-electron chi connectivity index (χ3n) is 3.09. The highest BCUT2D eigenvalue weighted by molar-refractivity contribution is 4.71. The van der Waals surface area contributed by atoms with E-state index in [4.69, 9.17) is 0 Å². The molecule has 1 unspecified atom stereocenters. The summed E-state index contributed by atoms with van der Waals surface area (Å²) in [4.78, 5) is 4.74. The van der Waals surface area contributed by atoms with E-state index in [1.54, 1.807) is 0 Å². The van der Waals surface area contributed by atoms with Crippen LogP contribution in [0.2, 0.25) is 0 Å². The van der Waals surface area contributed by atoms with E-state index in [2.05, 4.69) is 29.1 Å². The van der Waals surface area contributed by atoms with Gasteiger partial charge in [0.05, 0.1) is 6.10 Å². The second-order valence-corrected chi connectivity index (χ2v) is 4.82. The predicted octanol–water partition coefficient (Wildman–Crippen LogP) is -0.0156. The summed E-state index contributed by atoms with van der Waals surface area (Å²) in [5.74, 6) is 0. The molecular formula is C12H27N3O. The second kappa shape index (κ2) is 8.01. The van der Waals surface area contributed by atoms with Gasteiger partial charge in [-0.2, -0.15) is 0 Å². The van der Waals surface area contributed by atoms with Gasteiger partial charge in [-0.15, -0.1) is 0 Å². The molecule has 1 rings (SSSR count). The fourth-order valence-corrected chi connectivity index (χ4v) is 2.09. The van der Waals surface area contributed by atoms with Crippen LogP contribution in [0.5, 0.6) is 0 Å². The molecule has 1 aliphatic heterocycles. The number of β-amino-alcohol motifs (C(OH)–C–C–N with tert-alkyl or cyclic N) is 1. The van der Waals surface area contributed by atoms with Crippen LogP contribution >= 0.6 is 0 Å². The molecule has 4 heteroatoms. The maximum absolute atomic E-state index is 9.87. The number of hydrogen-bond donors (Lipinski definition) is 2. The Bertz CT molecular complexity index is 178. The zero-order valence-electron chi connectivity index (χ0n) is 10.8. The lowest BCUT2D eigenvalue weighted by molar-refractivity contribution is 0.113. The van der Waals surface area contributed by atoms with Crippen molar-refractivity contribution in [2.45, 2.75) is 25.9 Å². The Morgan fingerprint density at radius 1 is 1.25 bits per heavy atom. The van der Waals surface area contributed by atoms with Crippen molar-refractivity contribution in [1.29, 1.82) is 0 Å². The molecule has 0 radical (unpaired) electrons. The lowest BCUT2D eigenvalue weighted by Crippen LogP contribution is -2.40. The van der Waals surface area contributed by atoms with E-state index in [1.807, 2.05) is 0 Å². The molecule has 2 N–H and O–H groups in total. The number of nitrogens with zero attached hydrogens (tertiary/aromatic N) is 2. The summed E-state index contributed by atoms with van der Waals surface area (Å²) >= 11 is 0. The van der Waals surface area contributed by atoms with E-state index in [0.717, 1.165) is 45.7 Å². The molecule has 16 heavy (non-hydrogen) atoms. The molecular weight excluding hydrogens is 202 g/mol. The van der Waals surface area contributed by atoms with Crippen molar-refractivity contribution < 1.29 is 5.11 Å². The van der Waals surface area contributed by atoms with Crippen molar-refractivity contribution in [1.82, 2.24) is 15.1 Å². The summed E-state index contributed by atoms with van der Waals surface area (Å²) in [6.07, 6.45) is 2.11. The summed E-state index contributed by atoms with van der Waals surface area (Å²) in [6, 6.07) is 0. The second-order valence-electron chi connectivity index (χ2n) is 4.82. The summed E-state index contributed by atoms with van der Waals surface area (Å²) in [5.41, 5.74) is 0. The standard InChI is InChI=1S/C12H27N3O/c1-3-5-13-10-12(16)11-15-7-4-6-14(2)8-9-15/h12-13,16H,3-11H2,1-2H3. The quantitative estimate of drug-likeness (QED) is 0.628. The van der Waals surface area contributed by atoms with Crippen LogP contribution < -0.4 is 5.32 Å². The molecule has 0 aromatic carbocycles. The molecule has 1 saturated heterocycles. The molecule has 1 fully saturated rings. The first kappa shape index (κ1) is 13.9. The summed E-state index contributed by atoms with van der Waals surface area (Å²) in [6.45, 7) is 9.18. The molecule has 0 saturated carbocycles. The van der Waals surface area contributed by atoms with Crippen LogP contribution in [0, 0.1) is 0 Å². The van der Waals surface area contributed by atoms with Crippen LogP contribution in [0.1, 0.15) is 19.8 Å². The van der Waals surface area contributed by atoms with Crippen LogP contribution in [0.15, 0.2) is 0 Å². The first-order chi connectivity index (χ1) is 7.72. The van der Waals surface area contributed by atoms with Gasteiger partial charge in [-0.1, -0.05) is 6.92 Å². The molecule has 0 aromatic rings. The number of aliphatic hydroxyl groups excluding tert-OH is 1. The van der Waals surface area contributed by atoms with E-state index >= 15 is 0 Å². The predicted molar refractivity (Wildman–Crippen MR) is 67.7 cm³/mol. The highest BCUT2D eigenvalue weighted by atomic mass is 16.3. The monoisotopic (exact) mass is 229 g/mol. The zero-order valence-corrected chi connectivity index (χ0v) is 10.8. The van der Waals surface area contributed by atoms with Crippen LogP contribution in [0.3, 0.4) is 0 Å². The lowest BCUT2D eigenvalue weighted by Gasteiger charge is -2.23. The molecule has 1 aliphatic rings. The summed E-state index contributed by atoms with van der Waals surface area (Å²) in [7, 11) is 2.17. The molecule has 0 spiro atoms. The van der Waals surface area contributed by atoms with Crippen molar-refractivity contribution >= 4 is 0 Å². The van der Waals surface area contributed by atoms with E-state index in [1.165, 1.54) is 13.0 Å². The van der Waals surface area contributed by atoms with E-state index in [9.17, 15) is 5.11 Å². The Balaban J connectivity index is 2.14. The number of aliphatic hydroxyl groups is 1. The topological polar surface area (TPSA) is 38.7 Å². The van der Waals surface area contributed by atoms with Gasteiger partial charge in [-0.05, 0) is 39.5 Å². The van der Waals surface area contributed by atoms with Gasteiger partial charge in [0.15, 0.2) is 0 Å². The Morgan fingerprint density at radius 3 is 2.81 bits per heavy atom. The normalized spacial score (nSPS) is 21.9. The first-order valence-electron chi connectivity index (χ1n) is 6.52.